The summed E-state index contributed by atoms with van der Waals surface area (Å²) in [6.07, 6.45) is 1.77. The summed E-state index contributed by atoms with van der Waals surface area (Å²) in [5, 5.41) is 0.417. The van der Waals surface area contributed by atoms with Crippen molar-refractivity contribution in [2.75, 3.05) is 0 Å². The van der Waals surface area contributed by atoms with Crippen molar-refractivity contribution in [2.45, 2.75) is 19.8 Å². The number of aldehydes is 1. The van der Waals surface area contributed by atoms with Gasteiger partial charge in [-0.2, -0.15) is 0 Å². The lowest BCUT2D eigenvalue weighted by Crippen LogP contribution is -1.93. The molecule has 0 atom stereocenters. The second-order valence-electron chi connectivity index (χ2n) is 2.88. The van der Waals surface area contributed by atoms with Crippen LogP contribution in [0.5, 0.6) is 0 Å². The van der Waals surface area contributed by atoms with E-state index in [1.807, 2.05) is 6.92 Å². The average molecular weight is 201 g/mol. The van der Waals surface area contributed by atoms with Crippen molar-refractivity contribution in [1.29, 1.82) is 0 Å². The predicted octanol–water partition coefficient (Wildman–Crippen LogP) is 2.92. The third kappa shape index (κ3) is 2.52. The highest BCUT2D eigenvalue weighted by atomic mass is 35.5. The molecule has 3 heteroatoms. The maximum Gasteiger partial charge on any atom is 0.124 e. The van der Waals surface area contributed by atoms with E-state index >= 15 is 0 Å². The molecule has 0 fully saturated rings. The fraction of sp³-hybridized carbons (Fsp3) is 0.300. The van der Waals surface area contributed by atoms with E-state index in [0.717, 1.165) is 17.4 Å². The molecule has 0 heterocycles. The Kier molecular flexibility index (Phi) is 3.43. The summed E-state index contributed by atoms with van der Waals surface area (Å²) in [4.78, 5) is 10.1. The van der Waals surface area contributed by atoms with Crippen LogP contribution in [0.15, 0.2) is 12.1 Å². The van der Waals surface area contributed by atoms with Crippen LogP contribution in [0, 0.1) is 12.7 Å². The summed E-state index contributed by atoms with van der Waals surface area (Å²) in [7, 11) is 0. The molecular formula is C10H10ClFO. The molecule has 0 N–H and O–H groups in total. The van der Waals surface area contributed by atoms with E-state index in [1.165, 1.54) is 12.1 Å². The van der Waals surface area contributed by atoms with E-state index in [9.17, 15) is 9.18 Å². The molecule has 0 spiro atoms. The molecule has 0 saturated heterocycles. The highest BCUT2D eigenvalue weighted by Crippen LogP contribution is 2.21. The standard InChI is InChI=1S/C10H10ClFO/c1-7-8(3-2-4-13)5-9(12)6-10(7)11/h4-6H,2-3H2,1H3. The van der Waals surface area contributed by atoms with Crippen LogP contribution in [0.4, 0.5) is 4.39 Å². The maximum atomic E-state index is 12.9. The molecule has 0 aliphatic heterocycles. The molecule has 0 radical (unpaired) electrons. The van der Waals surface area contributed by atoms with Gasteiger partial charge in [0.05, 0.1) is 0 Å². The maximum absolute atomic E-state index is 12.9. The Hall–Kier alpha value is -0.890. The van der Waals surface area contributed by atoms with Crippen molar-refractivity contribution in [3.8, 4) is 0 Å². The van der Waals surface area contributed by atoms with Gasteiger partial charge in [0.25, 0.3) is 0 Å². The lowest BCUT2D eigenvalue weighted by Gasteiger charge is -2.05. The van der Waals surface area contributed by atoms with Crippen molar-refractivity contribution in [3.05, 3.63) is 34.1 Å². The number of hydrogen-bond acceptors (Lipinski definition) is 1. The lowest BCUT2D eigenvalue weighted by molar-refractivity contribution is -0.107. The van der Waals surface area contributed by atoms with Gasteiger partial charge in [-0.15, -0.1) is 0 Å². The normalized spacial score (nSPS) is 10.1. The molecule has 0 bridgehead atoms. The Bertz CT molecular complexity index is 323. The smallest absolute Gasteiger partial charge is 0.124 e. The van der Waals surface area contributed by atoms with E-state index < -0.39 is 0 Å². The van der Waals surface area contributed by atoms with E-state index in [1.54, 1.807) is 0 Å². The van der Waals surface area contributed by atoms with Crippen LogP contribution in [0.1, 0.15) is 17.5 Å². The third-order valence-electron chi connectivity index (χ3n) is 1.95. The first kappa shape index (κ1) is 10.2. The summed E-state index contributed by atoms with van der Waals surface area (Å²) in [5.74, 6) is -0.350. The quantitative estimate of drug-likeness (QED) is 0.686. The average Bonchev–Trinajstić information content (AvgIpc) is 2.09. The van der Waals surface area contributed by atoms with Crippen LogP contribution in [-0.4, -0.2) is 6.29 Å². The number of carbonyl (C=O) groups is 1. The Morgan fingerprint density at radius 2 is 2.23 bits per heavy atom. The first-order valence-corrected chi connectivity index (χ1v) is 4.41. The van der Waals surface area contributed by atoms with Crippen molar-refractivity contribution in [2.24, 2.45) is 0 Å². The van der Waals surface area contributed by atoms with Gasteiger partial charge in [0.2, 0.25) is 0 Å². The Morgan fingerprint density at radius 3 is 2.85 bits per heavy atom. The van der Waals surface area contributed by atoms with Crippen molar-refractivity contribution >= 4 is 17.9 Å². The van der Waals surface area contributed by atoms with Gasteiger partial charge in [0.15, 0.2) is 0 Å². The van der Waals surface area contributed by atoms with Crippen LogP contribution in [0.3, 0.4) is 0 Å². The molecule has 70 valence electrons. The van der Waals surface area contributed by atoms with Crippen molar-refractivity contribution < 1.29 is 9.18 Å². The molecule has 13 heavy (non-hydrogen) atoms. The van der Waals surface area contributed by atoms with Gasteiger partial charge in [0, 0.05) is 11.4 Å². The summed E-state index contributed by atoms with van der Waals surface area (Å²) < 4.78 is 12.9. The Balaban J connectivity index is 2.98. The van der Waals surface area contributed by atoms with Gasteiger partial charge in [-0.1, -0.05) is 11.6 Å². The monoisotopic (exact) mass is 200 g/mol. The number of benzene rings is 1. The zero-order valence-corrected chi connectivity index (χ0v) is 8.07. The van der Waals surface area contributed by atoms with Crippen LogP contribution in [0.25, 0.3) is 0 Å². The number of rotatable bonds is 3. The first-order valence-electron chi connectivity index (χ1n) is 4.03. The Labute approximate surface area is 81.5 Å². The second-order valence-corrected chi connectivity index (χ2v) is 3.28. The predicted molar refractivity (Wildman–Crippen MR) is 50.5 cm³/mol. The van der Waals surface area contributed by atoms with Gasteiger partial charge in [0.1, 0.15) is 12.1 Å². The van der Waals surface area contributed by atoms with Crippen LogP contribution < -0.4 is 0 Å². The number of aryl methyl sites for hydroxylation is 1. The van der Waals surface area contributed by atoms with Gasteiger partial charge in [-0.25, -0.2) is 4.39 Å². The van der Waals surface area contributed by atoms with E-state index in [4.69, 9.17) is 11.6 Å². The summed E-state index contributed by atoms with van der Waals surface area (Å²) >= 11 is 5.77. The topological polar surface area (TPSA) is 17.1 Å². The van der Waals surface area contributed by atoms with E-state index in [-0.39, 0.29) is 5.82 Å². The fourth-order valence-electron chi connectivity index (χ4n) is 1.17. The largest absolute Gasteiger partial charge is 0.303 e. The molecular weight excluding hydrogens is 191 g/mol. The molecule has 0 aliphatic carbocycles. The molecule has 0 saturated carbocycles. The summed E-state index contributed by atoms with van der Waals surface area (Å²) in [6, 6.07) is 2.70. The molecule has 1 aromatic rings. The highest BCUT2D eigenvalue weighted by Gasteiger charge is 2.04. The molecule has 1 nitrogen and oxygen atoms in total. The SMILES string of the molecule is Cc1c(Cl)cc(F)cc1CCC=O. The Morgan fingerprint density at radius 1 is 1.54 bits per heavy atom. The fourth-order valence-corrected chi connectivity index (χ4v) is 1.40. The lowest BCUT2D eigenvalue weighted by atomic mass is 10.0. The van der Waals surface area contributed by atoms with Gasteiger partial charge < -0.3 is 4.79 Å². The molecule has 0 aromatic heterocycles. The van der Waals surface area contributed by atoms with E-state index in [0.29, 0.717) is 17.9 Å². The molecule has 0 aliphatic rings. The first-order chi connectivity index (χ1) is 6.15. The zero-order chi connectivity index (χ0) is 9.84. The minimum Gasteiger partial charge on any atom is -0.303 e. The molecule has 0 unspecified atom stereocenters. The van der Waals surface area contributed by atoms with Gasteiger partial charge >= 0.3 is 0 Å². The minimum absolute atomic E-state index is 0.350. The molecule has 1 rings (SSSR count). The van der Waals surface area contributed by atoms with E-state index in [2.05, 4.69) is 0 Å². The molecule has 1 aromatic carbocycles. The minimum atomic E-state index is -0.350. The van der Waals surface area contributed by atoms with Crippen LogP contribution >= 0.6 is 11.6 Å². The highest BCUT2D eigenvalue weighted by molar-refractivity contribution is 6.31. The van der Waals surface area contributed by atoms with Gasteiger partial charge in [-0.05, 0) is 36.6 Å². The third-order valence-corrected chi connectivity index (χ3v) is 2.34. The van der Waals surface area contributed by atoms with Crippen molar-refractivity contribution in [3.63, 3.8) is 0 Å². The number of carbonyl (C=O) groups excluding carboxylic acids is 1. The second kappa shape index (κ2) is 4.38. The molecule has 0 amide bonds. The summed E-state index contributed by atoms with van der Waals surface area (Å²) in [6.45, 7) is 1.82. The number of hydrogen-bond donors (Lipinski definition) is 0. The van der Waals surface area contributed by atoms with Crippen LogP contribution in [0.2, 0.25) is 5.02 Å². The summed E-state index contributed by atoms with van der Waals surface area (Å²) in [5.41, 5.74) is 1.65. The number of halogens is 2. The zero-order valence-electron chi connectivity index (χ0n) is 7.31. The van der Waals surface area contributed by atoms with Crippen molar-refractivity contribution in [1.82, 2.24) is 0 Å². The van der Waals surface area contributed by atoms with Gasteiger partial charge in [-0.3, -0.25) is 0 Å². The van der Waals surface area contributed by atoms with Crippen LogP contribution in [-0.2, 0) is 11.2 Å².